The lowest BCUT2D eigenvalue weighted by Crippen LogP contribution is -2.34. The topological polar surface area (TPSA) is 138 Å². The molecule has 1 saturated carbocycles. The molecule has 0 saturated heterocycles. The van der Waals surface area contributed by atoms with Crippen LogP contribution in [0.4, 0.5) is 15.9 Å². The zero-order valence-corrected chi connectivity index (χ0v) is 27.2. The molecule has 5 aromatic rings. The maximum absolute atomic E-state index is 14.9. The average Bonchev–Trinajstić information content (AvgIpc) is 3.87. The van der Waals surface area contributed by atoms with Crippen LogP contribution < -0.4 is 27.4 Å². The van der Waals surface area contributed by atoms with E-state index in [0.29, 0.717) is 28.1 Å². The van der Waals surface area contributed by atoms with E-state index in [2.05, 4.69) is 15.6 Å². The molecule has 10 nitrogen and oxygen atoms in total. The van der Waals surface area contributed by atoms with Crippen LogP contribution >= 0.6 is 22.6 Å². The van der Waals surface area contributed by atoms with E-state index in [4.69, 9.17) is 0 Å². The number of phenols is 1. The lowest BCUT2D eigenvalue weighted by molar-refractivity contribution is 0.0949. The molecule has 4 N–H and O–H groups in total. The number of amides is 1. The number of rotatable bonds is 9. The summed E-state index contributed by atoms with van der Waals surface area (Å²) in [6.07, 6.45) is 2.69. The average molecular weight is 736 g/mol. The number of para-hydroxylation sites is 1. The third kappa shape index (κ3) is 5.96. The number of aromatic hydroxyl groups is 1. The van der Waals surface area contributed by atoms with Crippen LogP contribution in [0.1, 0.15) is 46.7 Å². The normalized spacial score (nSPS) is 13.5. The maximum atomic E-state index is 14.9. The van der Waals surface area contributed by atoms with Crippen molar-refractivity contribution in [3.63, 3.8) is 0 Å². The van der Waals surface area contributed by atoms with Crippen molar-refractivity contribution < 1.29 is 14.3 Å². The number of fused-ring (bicyclic) bond motifs is 1. The van der Waals surface area contributed by atoms with E-state index in [1.807, 2.05) is 40.8 Å². The number of pyridine rings is 1. The minimum Gasteiger partial charge on any atom is -0.507 e. The maximum Gasteiger partial charge on any atom is 0.333 e. The zero-order chi connectivity index (χ0) is 32.7. The Morgan fingerprint density at radius 3 is 2.57 bits per heavy atom. The summed E-state index contributed by atoms with van der Waals surface area (Å²) in [4.78, 5) is 55.3. The standard InChI is InChI=1S/C34H31FIN5O5/c1-18-29-28(30(40(2)33(18)45)38-26-13-12-21(36)17-25(26)35)32(44)39-34(46)41(29)22-7-5-6-20(16-22)23(19-10-11-19)14-15-37-31(43)24-8-3-4-9-27(24)42/h3-9,12-13,16-17,19,23,38,42H,10-11,14-15H2,1-2H3,(H,37,43)(H,39,44,46). The number of carbonyl (C=O) groups excluding carboxylic acids is 1. The van der Waals surface area contributed by atoms with Gasteiger partial charge < -0.3 is 15.7 Å². The number of H-pyrrole nitrogens is 1. The van der Waals surface area contributed by atoms with Crippen LogP contribution in [-0.2, 0) is 7.05 Å². The molecule has 0 spiro atoms. The summed E-state index contributed by atoms with van der Waals surface area (Å²) in [6, 6.07) is 18.3. The number of aryl methyl sites for hydroxylation is 1. The molecular formula is C34H31FIN5O5. The number of nitrogens with one attached hydrogen (secondary N) is 3. The fraction of sp³-hybridized carbons (Fsp3) is 0.235. The number of carbonyl (C=O) groups is 1. The van der Waals surface area contributed by atoms with Crippen LogP contribution in [0.3, 0.4) is 0 Å². The fourth-order valence-corrected chi connectivity index (χ4v) is 6.47. The Labute approximate surface area is 276 Å². The molecule has 1 aliphatic carbocycles. The Hall–Kier alpha value is -4.72. The summed E-state index contributed by atoms with van der Waals surface area (Å²) in [6.45, 7) is 1.93. The van der Waals surface area contributed by atoms with Crippen molar-refractivity contribution >= 4 is 50.9 Å². The molecule has 3 aromatic carbocycles. The number of nitrogens with zero attached hydrogens (tertiary/aromatic N) is 2. The van der Waals surface area contributed by atoms with Crippen LogP contribution in [0.25, 0.3) is 16.6 Å². The predicted octanol–water partition coefficient (Wildman–Crippen LogP) is 5.19. The Bertz CT molecular complexity index is 2190. The molecular weight excluding hydrogens is 704 g/mol. The molecule has 12 heteroatoms. The molecule has 2 aromatic heterocycles. The van der Waals surface area contributed by atoms with E-state index < -0.39 is 22.6 Å². The van der Waals surface area contributed by atoms with Crippen molar-refractivity contribution in [2.75, 3.05) is 11.9 Å². The highest BCUT2D eigenvalue weighted by Gasteiger charge is 2.32. The van der Waals surface area contributed by atoms with Crippen molar-refractivity contribution in [2.24, 2.45) is 13.0 Å². The van der Waals surface area contributed by atoms with Gasteiger partial charge in [-0.05, 0) is 109 Å². The largest absolute Gasteiger partial charge is 0.507 e. The highest BCUT2D eigenvalue weighted by molar-refractivity contribution is 14.1. The first-order valence-corrected chi connectivity index (χ1v) is 15.9. The molecule has 1 aliphatic rings. The highest BCUT2D eigenvalue weighted by Crippen LogP contribution is 2.44. The van der Waals surface area contributed by atoms with Gasteiger partial charge in [-0.25, -0.2) is 9.18 Å². The van der Waals surface area contributed by atoms with Crippen molar-refractivity contribution in [3.05, 3.63) is 124 Å². The van der Waals surface area contributed by atoms with Crippen LogP contribution in [-0.4, -0.2) is 31.7 Å². The summed E-state index contributed by atoms with van der Waals surface area (Å²) < 4.78 is 18.1. The van der Waals surface area contributed by atoms with Crippen molar-refractivity contribution in [3.8, 4) is 11.4 Å². The van der Waals surface area contributed by atoms with E-state index in [0.717, 1.165) is 18.4 Å². The first kappa shape index (κ1) is 31.3. The van der Waals surface area contributed by atoms with Gasteiger partial charge in [0.1, 0.15) is 22.8 Å². The van der Waals surface area contributed by atoms with Gasteiger partial charge in [-0.2, -0.15) is 0 Å². The second-order valence-electron chi connectivity index (χ2n) is 11.5. The first-order chi connectivity index (χ1) is 22.0. The van der Waals surface area contributed by atoms with Gasteiger partial charge in [0.2, 0.25) is 0 Å². The SMILES string of the molecule is Cc1c(=O)n(C)c(Nc2ccc(I)cc2F)c2c(=O)[nH]c(=O)n(-c3cccc(C(CCNC(=O)c4ccccc4O)C4CC4)c3)c12. The molecule has 1 fully saturated rings. The van der Waals surface area contributed by atoms with E-state index in [9.17, 15) is 28.7 Å². The molecule has 6 rings (SSSR count). The third-order valence-corrected chi connectivity index (χ3v) is 9.16. The molecule has 236 valence electrons. The van der Waals surface area contributed by atoms with Crippen molar-refractivity contribution in [2.45, 2.75) is 32.1 Å². The first-order valence-electron chi connectivity index (χ1n) is 14.8. The van der Waals surface area contributed by atoms with Gasteiger partial charge in [0, 0.05) is 22.7 Å². The van der Waals surface area contributed by atoms with Gasteiger partial charge in [0.15, 0.2) is 0 Å². The van der Waals surface area contributed by atoms with Gasteiger partial charge in [-0.1, -0.05) is 24.3 Å². The monoisotopic (exact) mass is 735 g/mol. The Kier molecular flexibility index (Phi) is 8.55. The number of anilines is 2. The summed E-state index contributed by atoms with van der Waals surface area (Å²) >= 11 is 1.99. The molecule has 0 aliphatic heterocycles. The smallest absolute Gasteiger partial charge is 0.333 e. The van der Waals surface area contributed by atoms with E-state index in [-0.39, 0.29) is 51.1 Å². The summed E-state index contributed by atoms with van der Waals surface area (Å²) in [5.41, 5.74) is 0.112. The number of phenolic OH excluding ortho intramolecular Hbond substituents is 1. The summed E-state index contributed by atoms with van der Waals surface area (Å²) in [7, 11) is 1.48. The summed E-state index contributed by atoms with van der Waals surface area (Å²) in [5.74, 6) is -0.489. The molecule has 1 amide bonds. The number of hydrogen-bond acceptors (Lipinski definition) is 6. The Morgan fingerprint density at radius 2 is 1.85 bits per heavy atom. The minimum absolute atomic E-state index is 0.0353. The molecule has 1 unspecified atom stereocenters. The lowest BCUT2D eigenvalue weighted by atomic mass is 9.90. The van der Waals surface area contributed by atoms with Crippen molar-refractivity contribution in [1.29, 1.82) is 0 Å². The van der Waals surface area contributed by atoms with E-state index in [1.54, 1.807) is 37.3 Å². The number of halogens is 2. The van der Waals surface area contributed by atoms with Gasteiger partial charge in [0.25, 0.3) is 17.0 Å². The lowest BCUT2D eigenvalue weighted by Gasteiger charge is -2.21. The number of benzene rings is 3. The molecule has 0 radical (unpaired) electrons. The van der Waals surface area contributed by atoms with E-state index >= 15 is 0 Å². The Morgan fingerprint density at radius 1 is 1.09 bits per heavy atom. The Balaban J connectivity index is 1.40. The third-order valence-electron chi connectivity index (χ3n) is 8.49. The quantitative estimate of drug-likeness (QED) is 0.154. The number of aromatic nitrogens is 3. The highest BCUT2D eigenvalue weighted by atomic mass is 127. The second-order valence-corrected chi connectivity index (χ2v) is 12.8. The number of hydrogen-bond donors (Lipinski definition) is 4. The van der Waals surface area contributed by atoms with Crippen LogP contribution in [0, 0.1) is 22.2 Å². The van der Waals surface area contributed by atoms with Crippen LogP contribution in [0.15, 0.2) is 81.1 Å². The minimum atomic E-state index is -0.713. The van der Waals surface area contributed by atoms with Crippen molar-refractivity contribution in [1.82, 2.24) is 19.4 Å². The predicted molar refractivity (Wildman–Crippen MR) is 183 cm³/mol. The van der Waals surface area contributed by atoms with Gasteiger partial charge in [-0.15, -0.1) is 0 Å². The molecule has 1 atom stereocenters. The number of aromatic amines is 1. The van der Waals surface area contributed by atoms with Gasteiger partial charge >= 0.3 is 5.69 Å². The van der Waals surface area contributed by atoms with Gasteiger partial charge in [0.05, 0.1) is 22.5 Å². The van der Waals surface area contributed by atoms with Gasteiger partial charge in [-0.3, -0.25) is 28.5 Å². The van der Waals surface area contributed by atoms with Crippen LogP contribution in [0.5, 0.6) is 5.75 Å². The fourth-order valence-electron chi connectivity index (χ4n) is 6.01. The molecule has 0 bridgehead atoms. The molecule has 2 heterocycles. The summed E-state index contributed by atoms with van der Waals surface area (Å²) in [5, 5.41) is 15.9. The molecule has 46 heavy (non-hydrogen) atoms. The second kappa shape index (κ2) is 12.6. The van der Waals surface area contributed by atoms with Crippen LogP contribution in [0.2, 0.25) is 0 Å². The zero-order valence-electron chi connectivity index (χ0n) is 25.1. The van der Waals surface area contributed by atoms with E-state index in [1.165, 1.54) is 34.4 Å².